The van der Waals surface area contributed by atoms with Crippen LogP contribution in [0.4, 0.5) is 10.5 Å². The van der Waals surface area contributed by atoms with Crippen molar-refractivity contribution in [2.24, 2.45) is 7.05 Å². The number of nitrogens with one attached hydrogen (secondary N) is 2. The number of aromatic hydroxyl groups is 1. The highest BCUT2D eigenvalue weighted by Gasteiger charge is 2.21. The summed E-state index contributed by atoms with van der Waals surface area (Å²) >= 11 is 0. The van der Waals surface area contributed by atoms with E-state index in [1.54, 1.807) is 6.92 Å². The first-order valence-electron chi connectivity index (χ1n) is 11.0. The number of rotatable bonds is 8. The molecule has 178 valence electrons. The van der Waals surface area contributed by atoms with Crippen molar-refractivity contribution in [3.05, 3.63) is 93.4 Å². The molecule has 0 spiro atoms. The predicted octanol–water partition coefficient (Wildman–Crippen LogP) is 3.81. The van der Waals surface area contributed by atoms with E-state index < -0.39 is 23.6 Å². The highest BCUT2D eigenvalue weighted by molar-refractivity contribution is 5.91. The number of hydrogen-bond acceptors (Lipinski definition) is 5. The third-order valence-corrected chi connectivity index (χ3v) is 5.48. The van der Waals surface area contributed by atoms with Gasteiger partial charge in [0.2, 0.25) is 0 Å². The van der Waals surface area contributed by atoms with Gasteiger partial charge < -0.3 is 25.0 Å². The molecule has 2 aromatic carbocycles. The average molecular weight is 464 g/mol. The molecule has 0 saturated heterocycles. The van der Waals surface area contributed by atoms with E-state index in [1.165, 1.54) is 35.0 Å². The van der Waals surface area contributed by atoms with Gasteiger partial charge in [-0.25, -0.2) is 4.79 Å². The Labute approximate surface area is 198 Å². The fraction of sp³-hybridized carbons (Fsp3) is 0.269. The first-order chi connectivity index (χ1) is 16.3. The zero-order valence-corrected chi connectivity index (χ0v) is 19.5. The van der Waals surface area contributed by atoms with E-state index in [1.807, 2.05) is 36.4 Å². The average Bonchev–Trinajstić information content (AvgIpc) is 2.81. The van der Waals surface area contributed by atoms with Crippen molar-refractivity contribution in [3.63, 3.8) is 0 Å². The minimum atomic E-state index is -0.725. The molecule has 0 fully saturated rings. The van der Waals surface area contributed by atoms with Crippen molar-refractivity contribution in [1.82, 2.24) is 9.88 Å². The number of urea groups is 1. The lowest BCUT2D eigenvalue weighted by atomic mass is 9.96. The fourth-order valence-electron chi connectivity index (χ4n) is 3.63. The Morgan fingerprint density at radius 1 is 1.12 bits per heavy atom. The monoisotopic (exact) mass is 463 g/mol. The summed E-state index contributed by atoms with van der Waals surface area (Å²) in [6, 6.07) is 15.6. The summed E-state index contributed by atoms with van der Waals surface area (Å²) in [5, 5.41) is 15.1. The highest BCUT2D eigenvalue weighted by Crippen LogP contribution is 2.23. The molecule has 3 N–H and O–H groups in total. The van der Waals surface area contributed by atoms with Crippen LogP contribution in [-0.4, -0.2) is 28.3 Å². The van der Waals surface area contributed by atoms with Crippen molar-refractivity contribution >= 4 is 17.7 Å². The standard InChI is InChI=1S/C26H29N3O5/c1-4-34-23(31)16-21(27-26(33)28-24-22(30)12-13-29(3)25(24)32)20-11-7-9-18(15-20)14-19-10-6-5-8-17(19)2/h5-13,15,21,30H,4,14,16H2,1-3H3,(H2,27,28,33). The van der Waals surface area contributed by atoms with Gasteiger partial charge >= 0.3 is 12.0 Å². The molecule has 0 saturated carbocycles. The van der Waals surface area contributed by atoms with Gasteiger partial charge in [-0.3, -0.25) is 9.59 Å². The van der Waals surface area contributed by atoms with Gasteiger partial charge in [-0.15, -0.1) is 0 Å². The molecule has 3 aromatic rings. The molecule has 0 aliphatic rings. The number of benzene rings is 2. The summed E-state index contributed by atoms with van der Waals surface area (Å²) in [5.41, 5.74) is 3.31. The number of ether oxygens (including phenoxy) is 1. The molecular formula is C26H29N3O5. The van der Waals surface area contributed by atoms with E-state index in [0.717, 1.165) is 11.1 Å². The number of amides is 2. The number of hydrogen-bond donors (Lipinski definition) is 3. The number of esters is 1. The number of carbonyl (C=O) groups is 2. The van der Waals surface area contributed by atoms with E-state index >= 15 is 0 Å². The maximum Gasteiger partial charge on any atom is 0.319 e. The van der Waals surface area contributed by atoms with Gasteiger partial charge in [-0.1, -0.05) is 48.5 Å². The van der Waals surface area contributed by atoms with E-state index in [4.69, 9.17) is 4.74 Å². The highest BCUT2D eigenvalue weighted by atomic mass is 16.5. The van der Waals surface area contributed by atoms with E-state index in [-0.39, 0.29) is 24.5 Å². The molecule has 8 heteroatoms. The van der Waals surface area contributed by atoms with Crippen LogP contribution >= 0.6 is 0 Å². The largest absolute Gasteiger partial charge is 0.505 e. The van der Waals surface area contributed by atoms with E-state index in [0.29, 0.717) is 6.42 Å². The van der Waals surface area contributed by atoms with Gasteiger partial charge in [0.05, 0.1) is 19.1 Å². The third kappa shape index (κ3) is 6.25. The summed E-state index contributed by atoms with van der Waals surface area (Å²) in [4.78, 5) is 37.3. The van der Waals surface area contributed by atoms with Gasteiger partial charge in [0.1, 0.15) is 5.75 Å². The number of aryl methyl sites for hydroxylation is 2. The Bertz CT molecular complexity index is 1240. The molecule has 0 bridgehead atoms. The topological polar surface area (TPSA) is 110 Å². The zero-order valence-electron chi connectivity index (χ0n) is 19.5. The van der Waals surface area contributed by atoms with Crippen molar-refractivity contribution in [2.75, 3.05) is 11.9 Å². The minimum absolute atomic E-state index is 0.0894. The zero-order chi connectivity index (χ0) is 24.7. The van der Waals surface area contributed by atoms with Gasteiger partial charge in [0.25, 0.3) is 5.56 Å². The van der Waals surface area contributed by atoms with Crippen molar-refractivity contribution in [2.45, 2.75) is 32.7 Å². The number of aromatic nitrogens is 1. The number of carbonyl (C=O) groups excluding carboxylic acids is 2. The van der Waals surface area contributed by atoms with Crippen LogP contribution < -0.4 is 16.2 Å². The maximum atomic E-state index is 12.7. The predicted molar refractivity (Wildman–Crippen MR) is 130 cm³/mol. The molecule has 3 rings (SSSR count). The quantitative estimate of drug-likeness (QED) is 0.440. The lowest BCUT2D eigenvalue weighted by Gasteiger charge is -2.20. The van der Waals surface area contributed by atoms with Crippen LogP contribution in [0.3, 0.4) is 0 Å². The van der Waals surface area contributed by atoms with Gasteiger partial charge in [0, 0.05) is 13.2 Å². The second kappa shape index (κ2) is 11.2. The summed E-state index contributed by atoms with van der Waals surface area (Å²) in [6.45, 7) is 3.99. The van der Waals surface area contributed by atoms with Crippen LogP contribution in [0.2, 0.25) is 0 Å². The lowest BCUT2D eigenvalue weighted by Crippen LogP contribution is -2.36. The van der Waals surface area contributed by atoms with E-state index in [9.17, 15) is 19.5 Å². The van der Waals surface area contributed by atoms with Crippen LogP contribution in [0.5, 0.6) is 5.75 Å². The van der Waals surface area contributed by atoms with Crippen molar-refractivity contribution in [3.8, 4) is 5.75 Å². The van der Waals surface area contributed by atoms with Crippen LogP contribution in [-0.2, 0) is 23.0 Å². The second-order valence-corrected chi connectivity index (χ2v) is 8.00. The normalized spacial score (nSPS) is 11.5. The summed E-state index contributed by atoms with van der Waals surface area (Å²) < 4.78 is 6.32. The fourth-order valence-corrected chi connectivity index (χ4v) is 3.63. The molecule has 1 heterocycles. The molecule has 34 heavy (non-hydrogen) atoms. The first kappa shape index (κ1) is 24.6. The van der Waals surface area contributed by atoms with Crippen LogP contribution in [0.25, 0.3) is 0 Å². The van der Waals surface area contributed by atoms with Crippen molar-refractivity contribution in [1.29, 1.82) is 0 Å². The molecule has 0 aliphatic carbocycles. The Morgan fingerprint density at radius 2 is 1.88 bits per heavy atom. The molecule has 1 unspecified atom stereocenters. The minimum Gasteiger partial charge on any atom is -0.505 e. The van der Waals surface area contributed by atoms with Gasteiger partial charge in [0.15, 0.2) is 5.69 Å². The van der Waals surface area contributed by atoms with E-state index in [2.05, 4.69) is 29.7 Å². The molecule has 1 aromatic heterocycles. The molecule has 8 nitrogen and oxygen atoms in total. The number of anilines is 1. The summed E-state index contributed by atoms with van der Waals surface area (Å²) in [5.74, 6) is -0.809. The number of nitrogens with zero attached hydrogens (tertiary/aromatic N) is 1. The molecule has 1 atom stereocenters. The van der Waals surface area contributed by atoms with Crippen LogP contribution in [0, 0.1) is 6.92 Å². The van der Waals surface area contributed by atoms with Crippen molar-refractivity contribution < 1.29 is 19.4 Å². The first-order valence-corrected chi connectivity index (χ1v) is 11.0. The van der Waals surface area contributed by atoms with Gasteiger partial charge in [-0.05, 0) is 48.6 Å². The SMILES string of the molecule is CCOC(=O)CC(NC(=O)Nc1c(O)ccn(C)c1=O)c1cccc(Cc2ccccc2C)c1. The third-order valence-electron chi connectivity index (χ3n) is 5.48. The lowest BCUT2D eigenvalue weighted by molar-refractivity contribution is -0.143. The van der Waals surface area contributed by atoms with Crippen LogP contribution in [0.15, 0.2) is 65.6 Å². The maximum absolute atomic E-state index is 12.7. The molecule has 0 radical (unpaired) electrons. The summed E-state index contributed by atoms with van der Waals surface area (Å²) in [7, 11) is 1.51. The Balaban J connectivity index is 1.84. The second-order valence-electron chi connectivity index (χ2n) is 8.00. The van der Waals surface area contributed by atoms with Crippen LogP contribution in [0.1, 0.15) is 41.6 Å². The smallest absolute Gasteiger partial charge is 0.319 e. The Hall–Kier alpha value is -4.07. The number of pyridine rings is 1. The summed E-state index contributed by atoms with van der Waals surface area (Å²) in [6.07, 6.45) is 2.00. The Morgan fingerprint density at radius 3 is 2.62 bits per heavy atom. The molecule has 2 amide bonds. The van der Waals surface area contributed by atoms with Gasteiger partial charge in [-0.2, -0.15) is 0 Å². The Kier molecular flexibility index (Phi) is 8.08. The molecule has 0 aliphatic heterocycles. The molecular weight excluding hydrogens is 434 g/mol.